The van der Waals surface area contributed by atoms with Crippen molar-refractivity contribution in [2.24, 2.45) is 0 Å². The fourth-order valence-electron chi connectivity index (χ4n) is 5.42. The lowest BCUT2D eigenvalue weighted by Gasteiger charge is -2.26. The maximum atomic E-state index is 6.21. The summed E-state index contributed by atoms with van der Waals surface area (Å²) in [5.41, 5.74) is 5.81. The van der Waals surface area contributed by atoms with E-state index >= 15 is 0 Å². The van der Waals surface area contributed by atoms with Gasteiger partial charge in [-0.15, -0.1) is 0 Å². The Labute approximate surface area is 256 Å². The first-order chi connectivity index (χ1) is 21.5. The maximum Gasteiger partial charge on any atom is 0.162 e. The third-order valence-electron chi connectivity index (χ3n) is 8.17. The van der Waals surface area contributed by atoms with Crippen molar-refractivity contribution in [3.05, 3.63) is 97.2 Å². The largest absolute Gasteiger partial charge is 0.492 e. The smallest absolute Gasteiger partial charge is 0.162 e. The standard InChI is InChI=1S/C35H35N7O2/c1-41(2)35(23-44-35)22-42(3)17-18-43-29-14-16-32-30(20-29)34(37-28-13-15-31-27(19-28)21-36-40-31)39-33(38-32)26-11-9-25(10-12-26)24-7-5-4-6-8-24/h4-16,19-21H,17-18,22-23H2,1-3H3,(H,36,40)(H,37,38,39). The summed E-state index contributed by atoms with van der Waals surface area (Å²) < 4.78 is 11.9. The zero-order chi connectivity index (χ0) is 30.1. The minimum absolute atomic E-state index is 0.172. The minimum Gasteiger partial charge on any atom is -0.492 e. The summed E-state index contributed by atoms with van der Waals surface area (Å²) in [5.74, 6) is 2.13. The Kier molecular flexibility index (Phi) is 7.43. The number of hydrogen-bond acceptors (Lipinski definition) is 8. The molecule has 0 aliphatic carbocycles. The molecular formula is C35H35N7O2. The molecular weight excluding hydrogens is 550 g/mol. The first-order valence-corrected chi connectivity index (χ1v) is 14.8. The first-order valence-electron chi connectivity index (χ1n) is 14.8. The van der Waals surface area contributed by atoms with Crippen LogP contribution in [0.2, 0.25) is 0 Å². The molecule has 1 saturated heterocycles. The summed E-state index contributed by atoms with van der Waals surface area (Å²) in [6.07, 6.45) is 1.82. The van der Waals surface area contributed by atoms with Gasteiger partial charge in [0.25, 0.3) is 0 Å². The molecule has 1 fully saturated rings. The maximum absolute atomic E-state index is 6.21. The highest BCUT2D eigenvalue weighted by atomic mass is 16.6. The fraction of sp³-hybridized carbons (Fsp3) is 0.229. The molecule has 0 radical (unpaired) electrons. The van der Waals surface area contributed by atoms with Gasteiger partial charge in [0.1, 0.15) is 18.2 Å². The van der Waals surface area contributed by atoms with Gasteiger partial charge in [0, 0.05) is 35.1 Å². The molecule has 6 aromatic rings. The Morgan fingerprint density at radius 1 is 0.886 bits per heavy atom. The Morgan fingerprint density at radius 3 is 2.43 bits per heavy atom. The average molecular weight is 586 g/mol. The number of rotatable bonds is 11. The van der Waals surface area contributed by atoms with E-state index < -0.39 is 0 Å². The van der Waals surface area contributed by atoms with E-state index in [0.717, 1.165) is 64.1 Å². The van der Waals surface area contributed by atoms with Crippen molar-refractivity contribution in [3.63, 3.8) is 0 Å². The quantitative estimate of drug-likeness (QED) is 0.174. The summed E-state index contributed by atoms with van der Waals surface area (Å²) in [7, 11) is 6.20. The number of aromatic nitrogens is 4. The molecule has 1 aliphatic heterocycles. The fourth-order valence-corrected chi connectivity index (χ4v) is 5.42. The number of epoxide rings is 1. The number of benzene rings is 4. The lowest BCUT2D eigenvalue weighted by molar-refractivity contribution is 0.0843. The Bertz CT molecular complexity index is 1900. The summed E-state index contributed by atoms with van der Waals surface area (Å²) in [6.45, 7) is 2.93. The minimum atomic E-state index is -0.172. The molecule has 4 aromatic carbocycles. The van der Waals surface area contributed by atoms with Gasteiger partial charge in [0.15, 0.2) is 11.5 Å². The van der Waals surface area contributed by atoms with Gasteiger partial charge in [-0.25, -0.2) is 9.97 Å². The number of nitrogens with zero attached hydrogens (tertiary/aromatic N) is 5. The van der Waals surface area contributed by atoms with Gasteiger partial charge in [-0.2, -0.15) is 5.10 Å². The number of aromatic amines is 1. The van der Waals surface area contributed by atoms with Crippen molar-refractivity contribution in [3.8, 4) is 28.3 Å². The van der Waals surface area contributed by atoms with Crippen molar-refractivity contribution in [2.75, 3.05) is 52.8 Å². The molecule has 0 amide bonds. The van der Waals surface area contributed by atoms with Crippen LogP contribution in [0.5, 0.6) is 5.75 Å². The van der Waals surface area contributed by atoms with E-state index in [0.29, 0.717) is 18.2 Å². The van der Waals surface area contributed by atoms with E-state index in [1.807, 2.05) is 54.7 Å². The molecule has 9 nitrogen and oxygen atoms in total. The Balaban J connectivity index is 1.16. The number of anilines is 2. The van der Waals surface area contributed by atoms with E-state index in [9.17, 15) is 0 Å². The third kappa shape index (κ3) is 5.85. The number of ether oxygens (including phenoxy) is 2. The molecule has 0 bridgehead atoms. The second-order valence-electron chi connectivity index (χ2n) is 11.5. The van der Waals surface area contributed by atoms with E-state index in [-0.39, 0.29) is 5.72 Å². The van der Waals surface area contributed by atoms with E-state index in [2.05, 4.69) is 88.9 Å². The predicted molar refractivity (Wildman–Crippen MR) is 175 cm³/mol. The Hall–Kier alpha value is -4.83. The summed E-state index contributed by atoms with van der Waals surface area (Å²) in [6, 6.07) is 30.8. The monoisotopic (exact) mass is 585 g/mol. The van der Waals surface area contributed by atoms with Crippen molar-refractivity contribution < 1.29 is 9.47 Å². The molecule has 1 aliphatic rings. The molecule has 44 heavy (non-hydrogen) atoms. The topological polar surface area (TPSA) is 94.7 Å². The van der Waals surface area contributed by atoms with Crippen LogP contribution >= 0.6 is 0 Å². The van der Waals surface area contributed by atoms with Crippen LogP contribution in [0.4, 0.5) is 11.5 Å². The number of likely N-dealkylation sites (N-methyl/N-ethyl adjacent to an activating group) is 2. The molecule has 7 rings (SSSR count). The molecule has 9 heteroatoms. The molecule has 1 unspecified atom stereocenters. The molecule has 0 saturated carbocycles. The molecule has 3 heterocycles. The van der Waals surface area contributed by atoms with Gasteiger partial charge in [-0.05, 0) is 68.7 Å². The number of fused-ring (bicyclic) bond motifs is 2. The molecule has 0 spiro atoms. The third-order valence-corrected chi connectivity index (χ3v) is 8.17. The highest BCUT2D eigenvalue weighted by molar-refractivity contribution is 5.94. The second kappa shape index (κ2) is 11.7. The predicted octanol–water partition coefficient (Wildman–Crippen LogP) is 6.18. The van der Waals surface area contributed by atoms with Gasteiger partial charge < -0.3 is 14.8 Å². The van der Waals surface area contributed by atoms with Crippen molar-refractivity contribution in [1.29, 1.82) is 0 Å². The molecule has 2 aromatic heterocycles. The van der Waals surface area contributed by atoms with E-state index in [4.69, 9.17) is 19.4 Å². The van der Waals surface area contributed by atoms with E-state index in [1.54, 1.807) is 0 Å². The van der Waals surface area contributed by atoms with Crippen molar-refractivity contribution in [2.45, 2.75) is 5.72 Å². The number of hydrogen-bond donors (Lipinski definition) is 2. The lowest BCUT2D eigenvalue weighted by Crippen LogP contribution is -2.43. The summed E-state index contributed by atoms with van der Waals surface area (Å²) in [4.78, 5) is 14.4. The Morgan fingerprint density at radius 2 is 1.66 bits per heavy atom. The van der Waals surface area contributed by atoms with Crippen molar-refractivity contribution >= 4 is 33.3 Å². The van der Waals surface area contributed by atoms with Gasteiger partial charge >= 0.3 is 0 Å². The lowest BCUT2D eigenvalue weighted by atomic mass is 10.0. The number of H-pyrrole nitrogens is 1. The first kappa shape index (κ1) is 28.0. The zero-order valence-electron chi connectivity index (χ0n) is 25.1. The highest BCUT2D eigenvalue weighted by Crippen LogP contribution is 2.32. The van der Waals surface area contributed by atoms with Gasteiger partial charge in [-0.1, -0.05) is 54.6 Å². The second-order valence-corrected chi connectivity index (χ2v) is 11.5. The highest BCUT2D eigenvalue weighted by Gasteiger charge is 2.47. The SMILES string of the molecule is CN(CCOc1ccc2nc(-c3ccc(-c4ccccc4)cc3)nc(Nc3ccc4[nH]ncc4c3)c2c1)CC1(N(C)C)CO1. The van der Waals surface area contributed by atoms with Crippen LogP contribution in [-0.4, -0.2) is 83.1 Å². The van der Waals surface area contributed by atoms with Crippen LogP contribution in [0.25, 0.3) is 44.3 Å². The molecule has 1 atom stereocenters. The van der Waals surface area contributed by atoms with Crippen LogP contribution < -0.4 is 10.1 Å². The normalized spacial score (nSPS) is 16.2. The van der Waals surface area contributed by atoms with Gasteiger partial charge in [0.2, 0.25) is 0 Å². The van der Waals surface area contributed by atoms with Crippen molar-refractivity contribution in [1.82, 2.24) is 30.0 Å². The average Bonchev–Trinajstić information content (AvgIpc) is 3.68. The molecule has 2 N–H and O–H groups in total. The van der Waals surface area contributed by atoms with Gasteiger partial charge in [-0.3, -0.25) is 14.9 Å². The van der Waals surface area contributed by atoms with Crippen LogP contribution in [0.3, 0.4) is 0 Å². The van der Waals surface area contributed by atoms with Crippen LogP contribution in [0, 0.1) is 0 Å². The zero-order valence-corrected chi connectivity index (χ0v) is 25.1. The van der Waals surface area contributed by atoms with Crippen LogP contribution in [-0.2, 0) is 4.74 Å². The van der Waals surface area contributed by atoms with Crippen LogP contribution in [0.1, 0.15) is 0 Å². The van der Waals surface area contributed by atoms with E-state index in [1.165, 1.54) is 5.56 Å². The molecule has 222 valence electrons. The van der Waals surface area contributed by atoms with Crippen LogP contribution in [0.15, 0.2) is 97.2 Å². The summed E-state index contributed by atoms with van der Waals surface area (Å²) >= 11 is 0. The number of nitrogens with one attached hydrogen (secondary N) is 2. The van der Waals surface area contributed by atoms with Gasteiger partial charge in [0.05, 0.1) is 23.8 Å². The summed E-state index contributed by atoms with van der Waals surface area (Å²) in [5, 5.41) is 12.6.